The van der Waals surface area contributed by atoms with Crippen molar-refractivity contribution in [3.05, 3.63) is 90.8 Å². The van der Waals surface area contributed by atoms with Gasteiger partial charge in [0, 0.05) is 49.2 Å². The smallest absolute Gasteiger partial charge is 0.245 e. The predicted molar refractivity (Wildman–Crippen MR) is 326 cm³/mol. The van der Waals surface area contributed by atoms with Crippen molar-refractivity contribution in [1.82, 2.24) is 10.6 Å². The molecule has 14 unspecified atom stereocenters. The van der Waals surface area contributed by atoms with Crippen molar-refractivity contribution in [3.63, 3.8) is 0 Å². The van der Waals surface area contributed by atoms with Crippen LogP contribution in [0.25, 0.3) is 21.9 Å². The molecule has 2 aromatic carbocycles. The number of aliphatic hydroxyl groups is 8. The van der Waals surface area contributed by atoms with Crippen molar-refractivity contribution in [2.45, 2.75) is 177 Å². The van der Waals surface area contributed by atoms with Crippen LogP contribution in [0.2, 0.25) is 0 Å². The van der Waals surface area contributed by atoms with Crippen molar-refractivity contribution < 1.29 is 108 Å². The number of ketones is 1. The number of phenolic OH excluding ortho intramolecular Hbond substituents is 2. The number of nitrogens with two attached hydrogens (primary N) is 7. The number of nitrogens with zero attached hydrogens (tertiary/aromatic N) is 1. The third-order valence-corrected chi connectivity index (χ3v) is 14.9. The molecule has 0 radical (unpaired) electrons. The molecule has 34 heteroatoms. The van der Waals surface area contributed by atoms with Gasteiger partial charge in [0.25, 0.3) is 0 Å². The van der Waals surface area contributed by atoms with Crippen LogP contribution in [0, 0.1) is 13.8 Å². The van der Waals surface area contributed by atoms with Gasteiger partial charge in [-0.15, -0.1) is 0 Å². The third kappa shape index (κ3) is 20.6. The number of amides is 7. The van der Waals surface area contributed by atoms with E-state index in [1.165, 1.54) is 39.0 Å². The number of primary amides is 5. The van der Waals surface area contributed by atoms with E-state index < -0.39 is 156 Å². The van der Waals surface area contributed by atoms with E-state index in [1.54, 1.807) is 6.92 Å². The van der Waals surface area contributed by atoms with E-state index in [-0.39, 0.29) is 120 Å². The van der Waals surface area contributed by atoms with Crippen molar-refractivity contribution in [1.29, 1.82) is 0 Å². The number of hydrogen-bond acceptors (Lipinski definition) is 27. The number of Topliss-reactive ketones (excluding diaryl/α,β-unsaturated/α-hetero) is 1. The molecule has 6 rings (SSSR count). The second-order valence-corrected chi connectivity index (χ2v) is 22.5. The Balaban J connectivity index is 0.000000331. The molecule has 4 aromatic rings. The van der Waals surface area contributed by atoms with Gasteiger partial charge in [0.05, 0.1) is 47.6 Å². The molecule has 0 spiro atoms. The lowest BCUT2D eigenvalue weighted by Gasteiger charge is -2.40. The van der Waals surface area contributed by atoms with Crippen molar-refractivity contribution >= 4 is 74.8 Å². The van der Waals surface area contributed by atoms with Crippen molar-refractivity contribution in [2.24, 2.45) is 45.1 Å². The number of aliphatic hydroxyl groups excluding tert-OH is 8. The fraction of sp³-hybridized carbons (Fsp3) is 0.508. The fourth-order valence-electron chi connectivity index (χ4n) is 10.1. The number of hydrogen-bond donors (Lipinski definition) is 19. The summed E-state index contributed by atoms with van der Waals surface area (Å²) in [5.74, 6) is -5.93. The van der Waals surface area contributed by atoms with Gasteiger partial charge < -0.3 is 120 Å². The van der Waals surface area contributed by atoms with Crippen LogP contribution in [0.3, 0.4) is 0 Å². The molecular weight excluding hydrogens is 1230 g/mol. The first-order chi connectivity index (χ1) is 43.4. The Bertz CT molecular complexity index is 3570. The zero-order valence-electron chi connectivity index (χ0n) is 51.3. The lowest BCUT2D eigenvalue weighted by Crippen LogP contribution is -2.55. The number of aromatic hydroxyl groups is 2. The second-order valence-electron chi connectivity index (χ2n) is 22.5. The number of carbonyl (C=O) groups is 8. The largest absolute Gasteiger partial charge is 0.507 e. The standard InChI is InChI=1S/C29H39N5O12.C19H22O9.C11H21N5O3/c1-11-7-16(36)22(27-25(42)24(41)23(40)18(10-35)46-27)26-21(11)17(37)9-13(45-26)8-12(2)33-15(4-6-20(31)39)29(44)34-14(28(32)43)3-5-19(30)38;1-7-3-10(22)14(19-17(26)16(25)15(24)12(6-20)28-19)18-13(7)11(23)5-9(27-18)4-8(2)21;1-6(12)2-4-8(10(15)18)16-11(19)7(13)3-5-9(14)17/h7,9,14-15,18,23-25,27,35-36,40-42H,3-6,8,10H2,1-2H3,(H2,30,38)(H2,31,39)(H2,32,43)(H,34,44);3,5,12,15-17,19-20,22,24-26H,4,6H2,1-2H3;7-8H,1-5,12-13H2,(H2,14,17)(H2,15,18)(H,16,19). The molecule has 93 heavy (non-hydrogen) atoms. The first-order valence-corrected chi connectivity index (χ1v) is 28.9. The molecule has 34 nitrogen and oxygen atoms in total. The Morgan fingerprint density at radius 3 is 1.33 bits per heavy atom. The van der Waals surface area contributed by atoms with Gasteiger partial charge >= 0.3 is 0 Å². The fourth-order valence-corrected chi connectivity index (χ4v) is 10.1. The maximum atomic E-state index is 13.3. The number of allylic oxidation sites excluding steroid dienone is 1. The number of benzene rings is 2. The van der Waals surface area contributed by atoms with Crippen LogP contribution in [0.15, 0.2) is 60.0 Å². The lowest BCUT2D eigenvalue weighted by molar-refractivity contribution is -0.231. The molecule has 0 bridgehead atoms. The number of phenols is 2. The Hall–Kier alpha value is -8.81. The summed E-state index contributed by atoms with van der Waals surface area (Å²) in [5.41, 5.74) is 36.5. The van der Waals surface area contributed by atoms with Crippen LogP contribution >= 0.6 is 0 Å². The molecule has 2 fully saturated rings. The van der Waals surface area contributed by atoms with E-state index in [0.29, 0.717) is 23.2 Å². The molecule has 7 amide bonds. The van der Waals surface area contributed by atoms with Crippen LogP contribution in [-0.2, 0) is 60.7 Å². The first-order valence-electron chi connectivity index (χ1n) is 28.9. The van der Waals surface area contributed by atoms with E-state index in [1.807, 2.05) is 0 Å². The zero-order valence-corrected chi connectivity index (χ0v) is 51.3. The van der Waals surface area contributed by atoms with Gasteiger partial charge in [-0.05, 0) is 83.1 Å². The summed E-state index contributed by atoms with van der Waals surface area (Å²) < 4.78 is 22.8. The minimum absolute atomic E-state index is 0.000112. The zero-order chi connectivity index (χ0) is 70.2. The number of aryl methyl sites for hydroxylation is 2. The summed E-state index contributed by atoms with van der Waals surface area (Å²) in [6.07, 6.45) is -16.0. The Morgan fingerprint density at radius 2 is 0.946 bits per heavy atom. The third-order valence-electron chi connectivity index (χ3n) is 14.9. The molecule has 26 N–H and O–H groups in total. The Kier molecular flexibility index (Phi) is 28.2. The predicted octanol–water partition coefficient (Wildman–Crippen LogP) is -5.55. The van der Waals surface area contributed by atoms with Gasteiger partial charge in [0.1, 0.15) is 119 Å². The number of rotatable bonds is 27. The number of fused-ring (bicyclic) bond motifs is 2. The van der Waals surface area contributed by atoms with E-state index in [9.17, 15) is 99.0 Å². The maximum absolute atomic E-state index is 13.3. The maximum Gasteiger partial charge on any atom is 0.245 e. The van der Waals surface area contributed by atoms with Crippen LogP contribution < -0.4 is 61.6 Å². The summed E-state index contributed by atoms with van der Waals surface area (Å²) in [4.78, 5) is 123. The topological polar surface area (TPSA) is 636 Å². The van der Waals surface area contributed by atoms with Crippen molar-refractivity contribution in [2.75, 3.05) is 13.2 Å². The summed E-state index contributed by atoms with van der Waals surface area (Å²) in [7, 11) is 0. The van der Waals surface area contributed by atoms with E-state index in [0.717, 1.165) is 6.07 Å². The molecule has 2 saturated heterocycles. The second kappa shape index (κ2) is 34.2. The Morgan fingerprint density at radius 1 is 0.559 bits per heavy atom. The van der Waals surface area contributed by atoms with Gasteiger partial charge in [0.15, 0.2) is 10.9 Å². The quantitative estimate of drug-likeness (QED) is 0.0248. The monoisotopic (exact) mass is 1310 g/mol. The van der Waals surface area contributed by atoms with Gasteiger partial charge in [0.2, 0.25) is 41.4 Å². The number of ether oxygens (including phenoxy) is 2. The Labute approximate surface area is 529 Å². The average molecular weight is 1320 g/mol. The van der Waals surface area contributed by atoms with Gasteiger partial charge in [-0.25, -0.2) is 0 Å². The highest BCUT2D eigenvalue weighted by Gasteiger charge is 2.47. The lowest BCUT2D eigenvalue weighted by atomic mass is 9.89. The minimum Gasteiger partial charge on any atom is -0.507 e. The molecule has 2 aromatic heterocycles. The average Bonchev–Trinajstić information content (AvgIpc) is 0.757. The van der Waals surface area contributed by atoms with E-state index in [2.05, 4.69) is 22.2 Å². The van der Waals surface area contributed by atoms with Crippen LogP contribution in [0.1, 0.15) is 111 Å². The SMILES string of the molecule is C=C(N)CCC(NC(=O)C(N)CCC(N)=O)C(N)=O.CC(=O)Cc1cc(=O)c2c(C)cc(O)c(C3OC(CO)C(O)C(O)C3O)c2o1.CC(Cc1cc(=O)c2c(C)cc(O)c(C3OC(CO)C(O)C(O)C3O)c2o1)=NC(CCC(N)=O)C(=O)NC(CCC(N)=O)C(N)=O. The number of nitrogens with one attached hydrogen (secondary N) is 2. The molecule has 4 heterocycles. The molecule has 2 aliphatic heterocycles. The summed E-state index contributed by atoms with van der Waals surface area (Å²) in [6, 6.07) is 0.600. The molecule has 2 aliphatic rings. The normalized spacial score (nSPS) is 22.5. The molecule has 14 atom stereocenters. The highest BCUT2D eigenvalue weighted by atomic mass is 16.6. The highest BCUT2D eigenvalue weighted by Crippen LogP contribution is 2.43. The summed E-state index contributed by atoms with van der Waals surface area (Å²) >= 11 is 0. The molecule has 512 valence electrons. The van der Waals surface area contributed by atoms with Crippen LogP contribution in [-0.4, -0.2) is 190 Å². The van der Waals surface area contributed by atoms with Crippen LogP contribution in [0.4, 0.5) is 0 Å². The molecule has 0 saturated carbocycles. The van der Waals surface area contributed by atoms with Gasteiger partial charge in [-0.2, -0.15) is 0 Å². The van der Waals surface area contributed by atoms with E-state index >= 15 is 0 Å². The van der Waals surface area contributed by atoms with Gasteiger partial charge in [-0.1, -0.05) is 6.58 Å². The number of aliphatic imine (C=N–C) groups is 1. The highest BCUT2D eigenvalue weighted by molar-refractivity contribution is 5.94. The number of carbonyl (C=O) groups excluding carboxylic acids is 8. The first kappa shape index (κ1) is 76.6. The minimum atomic E-state index is -1.79. The van der Waals surface area contributed by atoms with E-state index in [4.69, 9.17) is 58.4 Å². The summed E-state index contributed by atoms with van der Waals surface area (Å²) in [6.45, 7) is 8.06. The molecule has 0 aliphatic carbocycles. The summed E-state index contributed by atoms with van der Waals surface area (Å²) in [5, 5.41) is 107. The van der Waals surface area contributed by atoms with Crippen molar-refractivity contribution in [3.8, 4) is 11.5 Å². The van der Waals surface area contributed by atoms with Crippen LogP contribution in [0.5, 0.6) is 11.5 Å². The molecular formula is C59H82N10O24. The van der Waals surface area contributed by atoms with Gasteiger partial charge in [-0.3, -0.25) is 52.9 Å².